The van der Waals surface area contributed by atoms with Crippen molar-refractivity contribution in [3.8, 4) is 11.1 Å². The van der Waals surface area contributed by atoms with Crippen LogP contribution in [0.15, 0.2) is 35.3 Å². The zero-order valence-electron chi connectivity index (χ0n) is 15.9. The molecule has 2 heterocycles. The highest BCUT2D eigenvalue weighted by atomic mass is 35.5. The number of aliphatic carboxylic acids is 1. The highest BCUT2D eigenvalue weighted by Gasteiger charge is 2.46. The number of benzene rings is 1. The maximum Gasteiger partial charge on any atom is 0.326 e. The van der Waals surface area contributed by atoms with Crippen molar-refractivity contribution in [2.75, 3.05) is 13.7 Å². The number of hydrogen-bond acceptors (Lipinski definition) is 4. The Morgan fingerprint density at radius 1 is 1.28 bits per heavy atom. The summed E-state index contributed by atoms with van der Waals surface area (Å²) in [6.45, 7) is 0.175. The zero-order chi connectivity index (χ0) is 20.8. The maximum absolute atomic E-state index is 13.0. The fourth-order valence-corrected chi connectivity index (χ4v) is 4.10. The number of amides is 1. The van der Waals surface area contributed by atoms with Crippen LogP contribution in [0.2, 0.25) is 5.02 Å². The van der Waals surface area contributed by atoms with Gasteiger partial charge >= 0.3 is 5.97 Å². The topological polar surface area (TPSA) is 97.6 Å². The van der Waals surface area contributed by atoms with E-state index >= 15 is 0 Å². The lowest BCUT2D eigenvalue weighted by molar-refractivity contribution is -0.141. The number of aromatic nitrogens is 1. The molecule has 1 aliphatic heterocycles. The molecule has 1 saturated carbocycles. The number of fused-ring (bicyclic) bond motifs is 3. The Balaban J connectivity index is 1.91. The molecule has 0 radical (unpaired) electrons. The first-order chi connectivity index (χ1) is 13.8. The summed E-state index contributed by atoms with van der Waals surface area (Å²) in [6, 6.07) is 5.68. The smallest absolute Gasteiger partial charge is 0.326 e. The van der Waals surface area contributed by atoms with Crippen LogP contribution in [0, 0.1) is 0 Å². The van der Waals surface area contributed by atoms with Gasteiger partial charge in [-0.25, -0.2) is 4.79 Å². The highest BCUT2D eigenvalue weighted by molar-refractivity contribution is 6.31. The molecule has 152 valence electrons. The lowest BCUT2D eigenvalue weighted by atomic mass is 9.89. The minimum Gasteiger partial charge on any atom is -0.480 e. The van der Waals surface area contributed by atoms with Gasteiger partial charge in [-0.15, -0.1) is 0 Å². The number of nitrogens with zero attached hydrogens (tertiary/aromatic N) is 1. The van der Waals surface area contributed by atoms with Crippen molar-refractivity contribution in [2.24, 2.45) is 0 Å². The molecule has 1 aromatic heterocycles. The van der Waals surface area contributed by atoms with Gasteiger partial charge in [-0.2, -0.15) is 0 Å². The van der Waals surface area contributed by atoms with Crippen LogP contribution < -0.4 is 10.9 Å². The molecular weight excluding hydrogens is 396 g/mol. The van der Waals surface area contributed by atoms with Crippen molar-refractivity contribution in [1.82, 2.24) is 9.88 Å². The van der Waals surface area contributed by atoms with E-state index in [4.69, 9.17) is 16.3 Å². The van der Waals surface area contributed by atoms with E-state index in [0.29, 0.717) is 17.0 Å². The van der Waals surface area contributed by atoms with E-state index in [-0.39, 0.29) is 30.0 Å². The number of nitrogens with one attached hydrogen (secondary N) is 1. The average molecular weight is 417 g/mol. The Labute approximate surface area is 172 Å². The third kappa shape index (κ3) is 3.68. The van der Waals surface area contributed by atoms with Crippen LogP contribution in [0.4, 0.5) is 0 Å². The van der Waals surface area contributed by atoms with Crippen LogP contribution in [0.25, 0.3) is 11.1 Å². The summed E-state index contributed by atoms with van der Waals surface area (Å²) in [5.74, 6) is -1.47. The van der Waals surface area contributed by atoms with E-state index in [1.54, 1.807) is 12.1 Å². The van der Waals surface area contributed by atoms with E-state index < -0.39 is 17.6 Å². The molecule has 2 aromatic rings. The van der Waals surface area contributed by atoms with Gasteiger partial charge in [-0.3, -0.25) is 9.59 Å². The summed E-state index contributed by atoms with van der Waals surface area (Å²) in [7, 11) is 1.46. The predicted molar refractivity (Wildman–Crippen MR) is 107 cm³/mol. The van der Waals surface area contributed by atoms with E-state index in [0.717, 1.165) is 28.5 Å². The molecule has 1 spiro atoms. The first-order valence-corrected chi connectivity index (χ1v) is 9.81. The molecule has 2 aliphatic rings. The first-order valence-electron chi connectivity index (χ1n) is 9.43. The van der Waals surface area contributed by atoms with Crippen LogP contribution in [0.1, 0.15) is 41.2 Å². The van der Waals surface area contributed by atoms with E-state index in [1.165, 1.54) is 19.4 Å². The number of rotatable bonds is 5. The fourth-order valence-electron chi connectivity index (χ4n) is 3.93. The van der Waals surface area contributed by atoms with Gasteiger partial charge in [0.2, 0.25) is 0 Å². The normalized spacial score (nSPS) is 17.5. The van der Waals surface area contributed by atoms with Crippen molar-refractivity contribution in [3.63, 3.8) is 0 Å². The molecule has 1 unspecified atom stereocenters. The highest BCUT2D eigenvalue weighted by Crippen LogP contribution is 2.43. The van der Waals surface area contributed by atoms with Gasteiger partial charge in [0, 0.05) is 48.5 Å². The van der Waals surface area contributed by atoms with Gasteiger partial charge in [0.15, 0.2) is 0 Å². The molecule has 4 rings (SSSR count). The monoisotopic (exact) mass is 416 g/mol. The molecule has 1 aliphatic carbocycles. The third-order valence-electron chi connectivity index (χ3n) is 5.66. The van der Waals surface area contributed by atoms with Crippen molar-refractivity contribution in [1.29, 1.82) is 0 Å². The van der Waals surface area contributed by atoms with Crippen LogP contribution in [-0.2, 0) is 16.0 Å². The number of pyridine rings is 1. The van der Waals surface area contributed by atoms with Crippen molar-refractivity contribution in [3.05, 3.63) is 57.0 Å². The van der Waals surface area contributed by atoms with Gasteiger partial charge in [0.25, 0.3) is 11.5 Å². The average Bonchev–Trinajstić information content (AvgIpc) is 3.42. The second-order valence-electron chi connectivity index (χ2n) is 7.69. The Morgan fingerprint density at radius 2 is 2.03 bits per heavy atom. The van der Waals surface area contributed by atoms with Crippen LogP contribution in [0.5, 0.6) is 0 Å². The van der Waals surface area contributed by atoms with Gasteiger partial charge in [-0.05, 0) is 42.5 Å². The fraction of sp³-hybridized carbons (Fsp3) is 0.381. The molecule has 1 atom stereocenters. The molecule has 2 N–H and O–H groups in total. The van der Waals surface area contributed by atoms with E-state index in [2.05, 4.69) is 5.32 Å². The van der Waals surface area contributed by atoms with Crippen molar-refractivity contribution in [2.45, 2.75) is 37.3 Å². The summed E-state index contributed by atoms with van der Waals surface area (Å²) in [6.07, 6.45) is 3.88. The Bertz CT molecular complexity index is 1060. The number of ether oxygens (including phenoxy) is 1. The van der Waals surface area contributed by atoms with Gasteiger partial charge in [0.1, 0.15) is 6.04 Å². The van der Waals surface area contributed by atoms with E-state index in [9.17, 15) is 19.5 Å². The number of hydrogen-bond donors (Lipinski definition) is 2. The minimum atomic E-state index is -1.16. The molecular formula is C21H21ClN2O5. The predicted octanol–water partition coefficient (Wildman–Crippen LogP) is 2.65. The van der Waals surface area contributed by atoms with Gasteiger partial charge in [-0.1, -0.05) is 17.7 Å². The second-order valence-corrected chi connectivity index (χ2v) is 8.13. The second kappa shape index (κ2) is 7.31. The maximum atomic E-state index is 13.0. The third-order valence-corrected chi connectivity index (χ3v) is 5.90. The summed E-state index contributed by atoms with van der Waals surface area (Å²) in [4.78, 5) is 37.6. The molecule has 1 amide bonds. The molecule has 29 heavy (non-hydrogen) atoms. The molecule has 8 heteroatoms. The van der Waals surface area contributed by atoms with Crippen molar-refractivity contribution < 1.29 is 19.4 Å². The van der Waals surface area contributed by atoms with Gasteiger partial charge < -0.3 is 19.7 Å². The van der Waals surface area contributed by atoms with Crippen LogP contribution in [-0.4, -0.2) is 40.8 Å². The number of carboxylic acids is 1. The lowest BCUT2D eigenvalue weighted by Gasteiger charge is -2.26. The van der Waals surface area contributed by atoms with Gasteiger partial charge in [0.05, 0.1) is 5.56 Å². The SMILES string of the molecule is COCCC(C(=O)O)n1cc2c(cc1=O)-c1cc(Cl)ccc1CC1(CC1)NC2=O. The van der Waals surface area contributed by atoms with Crippen molar-refractivity contribution >= 4 is 23.5 Å². The number of methoxy groups -OCH3 is 1. The summed E-state index contributed by atoms with van der Waals surface area (Å²) in [5, 5.41) is 13.2. The molecule has 0 bridgehead atoms. The Morgan fingerprint density at radius 3 is 2.69 bits per heavy atom. The first kappa shape index (κ1) is 19.7. The molecule has 7 nitrogen and oxygen atoms in total. The lowest BCUT2D eigenvalue weighted by Crippen LogP contribution is -2.41. The van der Waals surface area contributed by atoms with E-state index in [1.807, 2.05) is 6.07 Å². The number of carboxylic acid groups (broad SMARTS) is 1. The standard InChI is InChI=1S/C21H21ClN2O5/c1-29-7-4-17(20(27)28)24-11-16-15(9-18(24)25)14-8-13(22)3-2-12(14)10-21(5-6-21)23-19(16)26/h2-3,8-9,11,17H,4-7,10H2,1H3,(H,23,26)(H,27,28). The zero-order valence-corrected chi connectivity index (χ0v) is 16.7. The minimum absolute atomic E-state index is 0.110. The summed E-state index contributed by atoms with van der Waals surface area (Å²) < 4.78 is 6.08. The summed E-state index contributed by atoms with van der Waals surface area (Å²) in [5.41, 5.74) is 1.68. The number of carbonyl (C=O) groups excluding carboxylic acids is 1. The quantitative estimate of drug-likeness (QED) is 0.780. The van der Waals surface area contributed by atoms with Crippen LogP contribution in [0.3, 0.4) is 0 Å². The number of halogens is 1. The molecule has 0 saturated heterocycles. The molecule has 1 aromatic carbocycles. The number of carbonyl (C=O) groups is 2. The largest absolute Gasteiger partial charge is 0.480 e. The van der Waals surface area contributed by atoms with Crippen LogP contribution >= 0.6 is 11.6 Å². The Hall–Kier alpha value is -2.64. The Kier molecular flexibility index (Phi) is 4.96. The summed E-state index contributed by atoms with van der Waals surface area (Å²) >= 11 is 6.21. The molecule has 1 fully saturated rings.